The molecule has 9 heteroatoms. The summed E-state index contributed by atoms with van der Waals surface area (Å²) < 4.78 is 29.6. The van der Waals surface area contributed by atoms with E-state index in [-0.39, 0.29) is 12.4 Å². The molecule has 94 valence electrons. The van der Waals surface area contributed by atoms with Gasteiger partial charge in [-0.05, 0) is 0 Å². The van der Waals surface area contributed by atoms with E-state index in [1.807, 2.05) is 0 Å². The van der Waals surface area contributed by atoms with Gasteiger partial charge in [-0.25, -0.2) is 9.52 Å². The van der Waals surface area contributed by atoms with Crippen molar-refractivity contribution in [2.45, 2.75) is 6.92 Å². The summed E-state index contributed by atoms with van der Waals surface area (Å²) in [5.74, 6) is -0.556. The third-order valence-electron chi connectivity index (χ3n) is 1.87. The van der Waals surface area contributed by atoms with Gasteiger partial charge >= 0.3 is 16.3 Å². The number of hydrogen-bond acceptors (Lipinski definition) is 5. The first kappa shape index (κ1) is 14.6. The van der Waals surface area contributed by atoms with E-state index in [1.165, 1.54) is 7.05 Å². The predicted molar refractivity (Wildman–Crippen MR) is 58.2 cm³/mol. The molecular formula is C7H16N4O4S. The van der Waals surface area contributed by atoms with Crippen LogP contribution >= 0.6 is 0 Å². The number of amides is 1. The van der Waals surface area contributed by atoms with E-state index in [0.29, 0.717) is 0 Å². The summed E-state index contributed by atoms with van der Waals surface area (Å²) in [5, 5.41) is 7.12. The molecule has 0 radical (unpaired) electrons. The van der Waals surface area contributed by atoms with Gasteiger partial charge in [0.05, 0.1) is 12.9 Å². The van der Waals surface area contributed by atoms with Gasteiger partial charge in [-0.15, -0.1) is 0 Å². The van der Waals surface area contributed by atoms with Crippen LogP contribution in [0.25, 0.3) is 0 Å². The maximum Gasteiger partial charge on any atom is 0.421 e. The summed E-state index contributed by atoms with van der Waals surface area (Å²) in [6.45, 7) is 1.61. The van der Waals surface area contributed by atoms with Crippen LogP contribution in [0.15, 0.2) is 0 Å². The molecule has 0 heterocycles. The van der Waals surface area contributed by atoms with Crippen molar-refractivity contribution in [3.63, 3.8) is 0 Å². The smallest absolute Gasteiger partial charge is 0.421 e. The number of hydrogen-bond donors (Lipinski definition) is 3. The number of nitrogens with one attached hydrogen (secondary N) is 2. The van der Waals surface area contributed by atoms with Crippen LogP contribution in [-0.2, 0) is 14.9 Å². The Morgan fingerprint density at radius 3 is 2.50 bits per heavy atom. The number of rotatable bonds is 5. The maximum atomic E-state index is 11.5. The average molecular weight is 252 g/mol. The van der Waals surface area contributed by atoms with E-state index in [4.69, 9.17) is 11.1 Å². The minimum Gasteiger partial charge on any atom is -0.452 e. The Bertz CT molecular complexity index is 367. The third-order valence-corrected chi connectivity index (χ3v) is 3.26. The molecule has 0 bridgehead atoms. The van der Waals surface area contributed by atoms with E-state index in [2.05, 4.69) is 4.74 Å². The Kier molecular flexibility index (Phi) is 5.18. The second-order valence-corrected chi connectivity index (χ2v) is 5.01. The fourth-order valence-electron chi connectivity index (χ4n) is 0.807. The van der Waals surface area contributed by atoms with Gasteiger partial charge in [0.15, 0.2) is 0 Å². The number of carbonyl (C=O) groups is 1. The van der Waals surface area contributed by atoms with Crippen molar-refractivity contribution < 1.29 is 17.9 Å². The largest absolute Gasteiger partial charge is 0.452 e. The van der Waals surface area contributed by atoms with Gasteiger partial charge in [-0.2, -0.15) is 12.7 Å². The molecule has 8 nitrogen and oxygen atoms in total. The first-order valence-electron chi connectivity index (χ1n) is 4.36. The van der Waals surface area contributed by atoms with Crippen molar-refractivity contribution in [2.75, 3.05) is 20.7 Å². The summed E-state index contributed by atoms with van der Waals surface area (Å²) in [6, 6.07) is 0. The molecule has 16 heavy (non-hydrogen) atoms. The molecule has 0 saturated carbocycles. The summed E-state index contributed by atoms with van der Waals surface area (Å²) in [5.41, 5.74) is 5.20. The van der Waals surface area contributed by atoms with Crippen molar-refractivity contribution in [1.82, 2.24) is 9.03 Å². The number of nitrogens with zero attached hydrogens (tertiary/aromatic N) is 1. The van der Waals surface area contributed by atoms with Gasteiger partial charge in [0, 0.05) is 19.5 Å². The third kappa shape index (κ3) is 4.45. The lowest BCUT2D eigenvalue weighted by molar-refractivity contribution is 0.177. The zero-order valence-corrected chi connectivity index (χ0v) is 10.2. The number of carbonyl (C=O) groups excluding carboxylic acids is 1. The van der Waals surface area contributed by atoms with Crippen LogP contribution in [0, 0.1) is 11.3 Å². The molecule has 0 aromatic rings. The Balaban J connectivity index is 4.53. The van der Waals surface area contributed by atoms with Crippen LogP contribution in [0.2, 0.25) is 0 Å². The zero-order valence-electron chi connectivity index (χ0n) is 9.35. The van der Waals surface area contributed by atoms with Gasteiger partial charge in [-0.1, -0.05) is 6.92 Å². The van der Waals surface area contributed by atoms with Crippen molar-refractivity contribution in [3.05, 3.63) is 0 Å². The number of nitrogens with two attached hydrogens (primary N) is 1. The van der Waals surface area contributed by atoms with Gasteiger partial charge in [0.25, 0.3) is 0 Å². The second kappa shape index (κ2) is 5.66. The molecule has 0 aromatic carbocycles. The molecule has 4 N–H and O–H groups in total. The van der Waals surface area contributed by atoms with Crippen LogP contribution < -0.4 is 10.5 Å². The predicted octanol–water partition coefficient (Wildman–Crippen LogP) is -0.909. The van der Waals surface area contributed by atoms with Crippen LogP contribution in [-0.4, -0.2) is 45.4 Å². The Labute approximate surface area is 94.4 Å². The lowest BCUT2D eigenvalue weighted by Crippen LogP contribution is -2.44. The van der Waals surface area contributed by atoms with E-state index >= 15 is 0 Å². The molecule has 0 aromatic heterocycles. The molecule has 1 amide bonds. The number of methoxy groups -OCH3 is 1. The van der Waals surface area contributed by atoms with E-state index in [1.54, 1.807) is 11.6 Å². The number of amidine groups is 1. The highest BCUT2D eigenvalue weighted by Gasteiger charge is 2.23. The first-order valence-corrected chi connectivity index (χ1v) is 5.80. The Morgan fingerprint density at radius 1 is 1.62 bits per heavy atom. The van der Waals surface area contributed by atoms with Crippen molar-refractivity contribution >= 4 is 22.1 Å². The molecule has 0 aliphatic heterocycles. The van der Waals surface area contributed by atoms with Gasteiger partial charge in [0.1, 0.15) is 0 Å². The molecule has 0 spiro atoms. The first-order chi connectivity index (χ1) is 7.20. The van der Waals surface area contributed by atoms with Crippen LogP contribution in [0.3, 0.4) is 0 Å². The lowest BCUT2D eigenvalue weighted by atomic mass is 10.2. The maximum absolute atomic E-state index is 11.5. The Hall–Kier alpha value is -1.35. The summed E-state index contributed by atoms with van der Waals surface area (Å²) in [4.78, 5) is 10.7. The quantitative estimate of drug-likeness (QED) is 0.431. The topological polar surface area (TPSA) is 126 Å². The Morgan fingerprint density at radius 2 is 2.12 bits per heavy atom. The molecule has 1 atom stereocenters. The highest BCUT2D eigenvalue weighted by atomic mass is 32.2. The van der Waals surface area contributed by atoms with E-state index < -0.39 is 22.2 Å². The highest BCUT2D eigenvalue weighted by Crippen LogP contribution is 2.01. The lowest BCUT2D eigenvalue weighted by Gasteiger charge is -2.20. The van der Waals surface area contributed by atoms with Gasteiger partial charge in [0.2, 0.25) is 0 Å². The average Bonchev–Trinajstić information content (AvgIpc) is 2.16. The normalized spacial score (nSPS) is 13.2. The summed E-state index contributed by atoms with van der Waals surface area (Å²) >= 11 is 0. The highest BCUT2D eigenvalue weighted by molar-refractivity contribution is 7.87. The SMILES string of the molecule is COC(=O)NS(=O)(=O)N(C)CC(C)C(=N)N. The van der Waals surface area contributed by atoms with Crippen LogP contribution in [0.1, 0.15) is 6.92 Å². The second-order valence-electron chi connectivity index (χ2n) is 3.24. The van der Waals surface area contributed by atoms with Crippen LogP contribution in [0.5, 0.6) is 0 Å². The molecule has 0 rings (SSSR count). The van der Waals surface area contributed by atoms with Crippen molar-refractivity contribution in [1.29, 1.82) is 5.41 Å². The van der Waals surface area contributed by atoms with E-state index in [0.717, 1.165) is 11.4 Å². The van der Waals surface area contributed by atoms with Crippen LogP contribution in [0.4, 0.5) is 4.79 Å². The van der Waals surface area contributed by atoms with Gasteiger partial charge < -0.3 is 10.5 Å². The zero-order chi connectivity index (χ0) is 12.9. The monoisotopic (exact) mass is 252 g/mol. The minimum absolute atomic E-state index is 0.00165. The molecular weight excluding hydrogens is 236 g/mol. The summed E-state index contributed by atoms with van der Waals surface area (Å²) in [6.07, 6.45) is -1.07. The standard InChI is InChI=1S/C7H16N4O4S/c1-5(6(8)9)4-11(2)16(13,14)10-7(12)15-3/h5H,4H2,1-3H3,(H3,8,9)(H,10,12). The summed E-state index contributed by atoms with van der Waals surface area (Å²) in [7, 11) is -1.62. The molecule has 0 fully saturated rings. The molecule has 1 unspecified atom stereocenters. The van der Waals surface area contributed by atoms with E-state index in [9.17, 15) is 13.2 Å². The molecule has 0 aliphatic rings. The number of ether oxygens (including phenoxy) is 1. The minimum atomic E-state index is -3.94. The van der Waals surface area contributed by atoms with Crippen molar-refractivity contribution in [3.8, 4) is 0 Å². The fourth-order valence-corrected chi connectivity index (χ4v) is 1.68. The fraction of sp³-hybridized carbons (Fsp3) is 0.714. The van der Waals surface area contributed by atoms with Crippen molar-refractivity contribution in [2.24, 2.45) is 11.7 Å². The van der Waals surface area contributed by atoms with Gasteiger partial charge in [-0.3, -0.25) is 5.41 Å². The molecule has 0 saturated heterocycles. The molecule has 0 aliphatic carbocycles.